The third kappa shape index (κ3) is 3.49. The summed E-state index contributed by atoms with van der Waals surface area (Å²) in [5.74, 6) is 0.602. The van der Waals surface area contributed by atoms with Gasteiger partial charge in [0.05, 0.1) is 12.1 Å². The van der Waals surface area contributed by atoms with Gasteiger partial charge in [-0.3, -0.25) is 9.59 Å². The fourth-order valence-electron chi connectivity index (χ4n) is 3.83. The third-order valence-corrected chi connectivity index (χ3v) is 5.43. The summed E-state index contributed by atoms with van der Waals surface area (Å²) in [5, 5.41) is 9.42. The summed E-state index contributed by atoms with van der Waals surface area (Å²) in [6, 6.07) is 9.70. The van der Waals surface area contributed by atoms with E-state index in [0.29, 0.717) is 43.5 Å². The maximum atomic E-state index is 12.5. The van der Waals surface area contributed by atoms with Crippen LogP contribution < -0.4 is 0 Å². The molecule has 0 bridgehead atoms. The lowest BCUT2D eigenvalue weighted by molar-refractivity contribution is -0.142. The maximum absolute atomic E-state index is 12.5. The van der Waals surface area contributed by atoms with Gasteiger partial charge < -0.3 is 14.4 Å². The quantitative estimate of drug-likeness (QED) is 0.862. The maximum Gasteiger partial charge on any atom is 0.308 e. The second kappa shape index (κ2) is 6.94. The lowest BCUT2D eigenvalue weighted by Crippen LogP contribution is -2.30. The molecule has 0 radical (unpaired) electrons. The Balaban J connectivity index is 1.34. The van der Waals surface area contributed by atoms with Gasteiger partial charge in [-0.15, -0.1) is 0 Å². The first kappa shape index (κ1) is 16.8. The highest BCUT2D eigenvalue weighted by Gasteiger charge is 2.46. The van der Waals surface area contributed by atoms with Crippen LogP contribution in [0.1, 0.15) is 25.2 Å². The van der Waals surface area contributed by atoms with Crippen molar-refractivity contribution < 1.29 is 19.1 Å². The molecule has 136 valence electrons. The number of hydrogen-bond donors (Lipinski definition) is 1. The number of carbonyl (C=O) groups is 2. The first-order chi connectivity index (χ1) is 12.6. The second-order valence-electron chi connectivity index (χ2n) is 7.23. The summed E-state index contributed by atoms with van der Waals surface area (Å²) in [6.45, 7) is 0.900. The average molecular weight is 354 g/mol. The van der Waals surface area contributed by atoms with Crippen LogP contribution >= 0.6 is 0 Å². The SMILES string of the molecule is O=C(O)[C@H]1CN(C(=O)CCc2ncc(-c3ccccc3)o2)C[C@@H]1C1CC1. The molecule has 0 unspecified atom stereocenters. The number of rotatable bonds is 6. The van der Waals surface area contributed by atoms with Crippen LogP contribution in [0.4, 0.5) is 0 Å². The van der Waals surface area contributed by atoms with Crippen molar-refractivity contribution in [3.63, 3.8) is 0 Å². The Hall–Kier alpha value is -2.63. The summed E-state index contributed by atoms with van der Waals surface area (Å²) in [6.07, 6.45) is 4.57. The predicted octanol–water partition coefficient (Wildman–Crippen LogP) is 2.84. The molecule has 6 heteroatoms. The highest BCUT2D eigenvalue weighted by atomic mass is 16.4. The predicted molar refractivity (Wildman–Crippen MR) is 94.2 cm³/mol. The fraction of sp³-hybridized carbons (Fsp3) is 0.450. The molecule has 2 aliphatic rings. The number of aryl methyl sites for hydroxylation is 1. The number of oxazole rings is 1. The molecule has 1 aliphatic carbocycles. The molecule has 2 atom stereocenters. The largest absolute Gasteiger partial charge is 0.481 e. The van der Waals surface area contributed by atoms with Crippen molar-refractivity contribution in [3.8, 4) is 11.3 Å². The molecular formula is C20H22N2O4. The number of nitrogens with zero attached hydrogens (tertiary/aromatic N) is 2. The summed E-state index contributed by atoms with van der Waals surface area (Å²) in [7, 11) is 0. The molecule has 26 heavy (non-hydrogen) atoms. The minimum Gasteiger partial charge on any atom is -0.481 e. The zero-order valence-corrected chi connectivity index (χ0v) is 14.5. The molecule has 0 spiro atoms. The number of carbonyl (C=O) groups excluding carboxylic acids is 1. The van der Waals surface area contributed by atoms with Crippen molar-refractivity contribution >= 4 is 11.9 Å². The summed E-state index contributed by atoms with van der Waals surface area (Å²) >= 11 is 0. The second-order valence-corrected chi connectivity index (χ2v) is 7.23. The Morgan fingerprint density at radius 3 is 2.65 bits per heavy atom. The highest BCUT2D eigenvalue weighted by molar-refractivity contribution is 5.79. The Labute approximate surface area is 151 Å². The summed E-state index contributed by atoms with van der Waals surface area (Å²) in [4.78, 5) is 29.9. The van der Waals surface area contributed by atoms with E-state index >= 15 is 0 Å². The highest BCUT2D eigenvalue weighted by Crippen LogP contribution is 2.44. The normalized spacial score (nSPS) is 22.5. The van der Waals surface area contributed by atoms with E-state index in [9.17, 15) is 14.7 Å². The van der Waals surface area contributed by atoms with Crippen molar-refractivity contribution in [3.05, 3.63) is 42.4 Å². The minimum atomic E-state index is -0.780. The van der Waals surface area contributed by atoms with Gasteiger partial charge in [-0.2, -0.15) is 0 Å². The first-order valence-corrected chi connectivity index (χ1v) is 9.12. The van der Waals surface area contributed by atoms with E-state index in [0.717, 1.165) is 18.4 Å². The zero-order chi connectivity index (χ0) is 18.1. The Bertz CT molecular complexity index is 797. The van der Waals surface area contributed by atoms with Crippen LogP contribution in [-0.4, -0.2) is 40.0 Å². The third-order valence-electron chi connectivity index (χ3n) is 5.43. The molecule has 2 aromatic rings. The first-order valence-electron chi connectivity index (χ1n) is 9.12. The summed E-state index contributed by atoms with van der Waals surface area (Å²) in [5.41, 5.74) is 0.952. The van der Waals surface area contributed by atoms with Crippen molar-refractivity contribution in [2.75, 3.05) is 13.1 Å². The van der Waals surface area contributed by atoms with Gasteiger partial charge in [0, 0.05) is 31.5 Å². The van der Waals surface area contributed by atoms with Gasteiger partial charge in [0.25, 0.3) is 0 Å². The van der Waals surface area contributed by atoms with E-state index in [4.69, 9.17) is 4.42 Å². The van der Waals surface area contributed by atoms with E-state index in [2.05, 4.69) is 4.98 Å². The molecule has 1 aliphatic heterocycles. The van der Waals surface area contributed by atoms with Crippen LogP contribution in [0.15, 0.2) is 40.9 Å². The monoisotopic (exact) mass is 354 g/mol. The van der Waals surface area contributed by atoms with Crippen LogP contribution in [0, 0.1) is 17.8 Å². The van der Waals surface area contributed by atoms with Crippen molar-refractivity contribution in [1.29, 1.82) is 0 Å². The molecule has 2 fully saturated rings. The van der Waals surface area contributed by atoms with E-state index < -0.39 is 11.9 Å². The van der Waals surface area contributed by atoms with Crippen molar-refractivity contribution in [2.45, 2.75) is 25.7 Å². The van der Waals surface area contributed by atoms with Gasteiger partial charge in [0.15, 0.2) is 11.7 Å². The molecule has 2 heterocycles. The van der Waals surface area contributed by atoms with Crippen LogP contribution in [0.3, 0.4) is 0 Å². The number of benzene rings is 1. The lowest BCUT2D eigenvalue weighted by Gasteiger charge is -2.15. The van der Waals surface area contributed by atoms with Gasteiger partial charge >= 0.3 is 5.97 Å². The zero-order valence-electron chi connectivity index (χ0n) is 14.5. The number of aromatic nitrogens is 1. The molecular weight excluding hydrogens is 332 g/mol. The van der Waals surface area contributed by atoms with Gasteiger partial charge in [0.1, 0.15) is 0 Å². The molecule has 6 nitrogen and oxygen atoms in total. The van der Waals surface area contributed by atoms with Gasteiger partial charge in [0.2, 0.25) is 5.91 Å². The molecule has 1 aromatic heterocycles. The van der Waals surface area contributed by atoms with Crippen molar-refractivity contribution in [1.82, 2.24) is 9.88 Å². The van der Waals surface area contributed by atoms with E-state index in [1.807, 2.05) is 30.3 Å². The number of carboxylic acids is 1. The Kier molecular flexibility index (Phi) is 4.49. The van der Waals surface area contributed by atoms with E-state index in [1.54, 1.807) is 11.1 Å². The molecule has 1 saturated carbocycles. The van der Waals surface area contributed by atoms with Crippen LogP contribution in [-0.2, 0) is 16.0 Å². The smallest absolute Gasteiger partial charge is 0.308 e. The van der Waals surface area contributed by atoms with Crippen LogP contribution in [0.5, 0.6) is 0 Å². The number of hydrogen-bond acceptors (Lipinski definition) is 4. The molecule has 1 N–H and O–H groups in total. The topological polar surface area (TPSA) is 83.6 Å². The summed E-state index contributed by atoms with van der Waals surface area (Å²) < 4.78 is 5.74. The molecule has 1 amide bonds. The average Bonchev–Trinajstić information content (AvgIpc) is 3.21. The van der Waals surface area contributed by atoms with Gasteiger partial charge in [-0.25, -0.2) is 4.98 Å². The van der Waals surface area contributed by atoms with E-state index in [1.165, 1.54) is 0 Å². The van der Waals surface area contributed by atoms with Gasteiger partial charge in [-0.1, -0.05) is 30.3 Å². The molecule has 1 saturated heterocycles. The van der Waals surface area contributed by atoms with Crippen LogP contribution in [0.2, 0.25) is 0 Å². The number of aliphatic carboxylic acids is 1. The Morgan fingerprint density at radius 1 is 1.19 bits per heavy atom. The Morgan fingerprint density at radius 2 is 1.96 bits per heavy atom. The number of carboxylic acid groups (broad SMARTS) is 1. The van der Waals surface area contributed by atoms with E-state index in [-0.39, 0.29) is 11.8 Å². The van der Waals surface area contributed by atoms with Crippen LogP contribution in [0.25, 0.3) is 11.3 Å². The molecule has 1 aromatic carbocycles. The lowest BCUT2D eigenvalue weighted by atomic mass is 9.92. The fourth-order valence-corrected chi connectivity index (χ4v) is 3.83. The van der Waals surface area contributed by atoms with Gasteiger partial charge in [-0.05, 0) is 24.7 Å². The minimum absolute atomic E-state index is 0.0149. The molecule has 4 rings (SSSR count). The standard InChI is InChI=1S/C20H22N2O4/c23-19(22-11-15(13-6-7-13)16(12-22)20(24)25)9-8-18-21-10-17(26-18)14-4-2-1-3-5-14/h1-5,10,13,15-16H,6-9,11-12H2,(H,24,25)/t15-,16+/m1/s1. The number of amides is 1. The number of likely N-dealkylation sites (tertiary alicyclic amines) is 1. The van der Waals surface area contributed by atoms with Crippen molar-refractivity contribution in [2.24, 2.45) is 17.8 Å².